The van der Waals surface area contributed by atoms with E-state index in [2.05, 4.69) is 38.0 Å². The van der Waals surface area contributed by atoms with Crippen molar-refractivity contribution >= 4 is 0 Å². The molecule has 0 aromatic rings. The van der Waals surface area contributed by atoms with E-state index in [-0.39, 0.29) is 0 Å². The van der Waals surface area contributed by atoms with Gasteiger partial charge in [-0.2, -0.15) is 0 Å². The van der Waals surface area contributed by atoms with E-state index in [0.29, 0.717) is 6.04 Å². The predicted octanol–water partition coefficient (Wildman–Crippen LogP) is 2.50. The highest BCUT2D eigenvalue weighted by molar-refractivity contribution is 4.60. The molecule has 0 rings (SSSR count). The van der Waals surface area contributed by atoms with Gasteiger partial charge in [0, 0.05) is 19.1 Å². The van der Waals surface area contributed by atoms with E-state index in [1.165, 1.54) is 38.8 Å². The van der Waals surface area contributed by atoms with Gasteiger partial charge in [0.05, 0.1) is 0 Å². The fourth-order valence-corrected chi connectivity index (χ4v) is 1.39. The Morgan fingerprint density at radius 3 is 2.43 bits per heavy atom. The van der Waals surface area contributed by atoms with Gasteiger partial charge in [-0.25, -0.2) is 0 Å². The van der Waals surface area contributed by atoms with Crippen molar-refractivity contribution in [3.63, 3.8) is 0 Å². The molecule has 2 nitrogen and oxygen atoms in total. The van der Waals surface area contributed by atoms with Crippen LogP contribution in [0.4, 0.5) is 0 Å². The second-order valence-corrected chi connectivity index (χ2v) is 4.27. The summed E-state index contributed by atoms with van der Waals surface area (Å²) < 4.78 is 0. The van der Waals surface area contributed by atoms with Gasteiger partial charge < -0.3 is 10.2 Å². The monoisotopic (exact) mass is 200 g/mol. The van der Waals surface area contributed by atoms with Gasteiger partial charge in [0.2, 0.25) is 0 Å². The molecule has 14 heavy (non-hydrogen) atoms. The number of unbranched alkanes of at least 4 members (excludes halogenated alkanes) is 2. The lowest BCUT2D eigenvalue weighted by atomic mass is 10.2. The van der Waals surface area contributed by atoms with Crippen molar-refractivity contribution in [2.75, 3.05) is 26.7 Å². The highest BCUT2D eigenvalue weighted by Gasteiger charge is 1.99. The lowest BCUT2D eigenvalue weighted by Gasteiger charge is -2.18. The molecule has 0 aromatic carbocycles. The number of hydrogen-bond acceptors (Lipinski definition) is 2. The summed E-state index contributed by atoms with van der Waals surface area (Å²) in [4.78, 5) is 2.42. The van der Waals surface area contributed by atoms with Gasteiger partial charge in [-0.3, -0.25) is 0 Å². The molecule has 1 N–H and O–H groups in total. The van der Waals surface area contributed by atoms with E-state index in [0.717, 1.165) is 6.54 Å². The van der Waals surface area contributed by atoms with Crippen LogP contribution < -0.4 is 5.32 Å². The molecule has 0 aliphatic heterocycles. The van der Waals surface area contributed by atoms with Crippen LogP contribution in [0.5, 0.6) is 0 Å². The number of nitrogens with one attached hydrogen (secondary N) is 1. The van der Waals surface area contributed by atoms with Gasteiger partial charge in [0.1, 0.15) is 0 Å². The quantitative estimate of drug-likeness (QED) is 0.575. The maximum Gasteiger partial charge on any atom is 0.0104 e. The summed E-state index contributed by atoms with van der Waals surface area (Å²) >= 11 is 0. The first-order valence-electron chi connectivity index (χ1n) is 6.12. The highest BCUT2D eigenvalue weighted by atomic mass is 15.1. The third-order valence-corrected chi connectivity index (χ3v) is 2.74. The highest BCUT2D eigenvalue weighted by Crippen LogP contribution is 1.95. The Bertz CT molecular complexity index is 115. The Hall–Kier alpha value is -0.0800. The fraction of sp³-hybridized carbons (Fsp3) is 1.00. The van der Waals surface area contributed by atoms with Crippen molar-refractivity contribution in [1.29, 1.82) is 0 Å². The largest absolute Gasteiger partial charge is 0.313 e. The van der Waals surface area contributed by atoms with E-state index in [9.17, 15) is 0 Å². The molecule has 0 fully saturated rings. The molecule has 0 aliphatic carbocycles. The second-order valence-electron chi connectivity index (χ2n) is 4.27. The predicted molar refractivity (Wildman–Crippen MR) is 64.8 cm³/mol. The molecule has 0 bridgehead atoms. The molecule has 0 aromatic heterocycles. The van der Waals surface area contributed by atoms with Crippen LogP contribution in [0.15, 0.2) is 0 Å². The maximum atomic E-state index is 3.51. The normalized spacial score (nSPS) is 13.5. The Kier molecular flexibility index (Phi) is 9.42. The molecule has 0 heterocycles. The maximum absolute atomic E-state index is 3.51. The third kappa shape index (κ3) is 8.52. The third-order valence-electron chi connectivity index (χ3n) is 2.74. The standard InChI is InChI=1S/C12H28N2/c1-5-7-8-10-14(4)11-9-13-12(3)6-2/h12-13H,5-11H2,1-4H3. The van der Waals surface area contributed by atoms with Crippen LogP contribution in [-0.4, -0.2) is 37.6 Å². The summed E-state index contributed by atoms with van der Waals surface area (Å²) in [6, 6.07) is 0.666. The molecule has 0 saturated carbocycles. The molecule has 2 heteroatoms. The second kappa shape index (κ2) is 9.47. The summed E-state index contributed by atoms with van der Waals surface area (Å²) in [6.45, 7) is 10.3. The summed E-state index contributed by atoms with van der Waals surface area (Å²) in [5, 5.41) is 3.51. The van der Waals surface area contributed by atoms with E-state index in [1.54, 1.807) is 0 Å². The molecular weight excluding hydrogens is 172 g/mol. The molecule has 1 unspecified atom stereocenters. The number of nitrogens with zero attached hydrogens (tertiary/aromatic N) is 1. The SMILES string of the molecule is CCCCCN(C)CCNC(C)CC. The molecule has 0 aliphatic rings. The van der Waals surface area contributed by atoms with E-state index >= 15 is 0 Å². The van der Waals surface area contributed by atoms with E-state index < -0.39 is 0 Å². The van der Waals surface area contributed by atoms with Crippen molar-refractivity contribution in [2.24, 2.45) is 0 Å². The summed E-state index contributed by atoms with van der Waals surface area (Å²) in [5.41, 5.74) is 0. The molecule has 0 radical (unpaired) electrons. The van der Waals surface area contributed by atoms with Crippen LogP contribution >= 0.6 is 0 Å². The Morgan fingerprint density at radius 2 is 1.86 bits per heavy atom. The van der Waals surface area contributed by atoms with Gasteiger partial charge in [-0.05, 0) is 33.4 Å². The van der Waals surface area contributed by atoms with Gasteiger partial charge >= 0.3 is 0 Å². The molecule has 0 saturated heterocycles. The zero-order valence-corrected chi connectivity index (χ0v) is 10.5. The van der Waals surface area contributed by atoms with Crippen LogP contribution in [0.2, 0.25) is 0 Å². The Labute approximate surface area is 90.1 Å². The topological polar surface area (TPSA) is 15.3 Å². The number of rotatable bonds is 9. The first kappa shape index (κ1) is 13.9. The van der Waals surface area contributed by atoms with Crippen LogP contribution in [0.3, 0.4) is 0 Å². The van der Waals surface area contributed by atoms with Crippen molar-refractivity contribution in [1.82, 2.24) is 10.2 Å². The Balaban J connectivity index is 3.21. The zero-order chi connectivity index (χ0) is 10.8. The van der Waals surface area contributed by atoms with Crippen LogP contribution in [0.25, 0.3) is 0 Å². The first-order chi connectivity index (χ1) is 6.70. The Morgan fingerprint density at radius 1 is 1.14 bits per heavy atom. The minimum atomic E-state index is 0.666. The van der Waals surface area contributed by atoms with Crippen LogP contribution in [0, 0.1) is 0 Å². The minimum Gasteiger partial charge on any atom is -0.313 e. The molecule has 0 amide bonds. The molecule has 0 spiro atoms. The summed E-state index contributed by atoms with van der Waals surface area (Å²) in [7, 11) is 2.22. The average Bonchev–Trinajstić information content (AvgIpc) is 2.18. The van der Waals surface area contributed by atoms with Gasteiger partial charge in [-0.15, -0.1) is 0 Å². The smallest absolute Gasteiger partial charge is 0.0104 e. The van der Waals surface area contributed by atoms with Crippen molar-refractivity contribution < 1.29 is 0 Å². The fourth-order valence-electron chi connectivity index (χ4n) is 1.39. The zero-order valence-electron chi connectivity index (χ0n) is 10.5. The van der Waals surface area contributed by atoms with Crippen LogP contribution in [-0.2, 0) is 0 Å². The van der Waals surface area contributed by atoms with E-state index in [1.807, 2.05) is 0 Å². The van der Waals surface area contributed by atoms with Gasteiger partial charge in [-0.1, -0.05) is 26.7 Å². The lowest BCUT2D eigenvalue weighted by Crippen LogP contribution is -2.34. The summed E-state index contributed by atoms with van der Waals surface area (Å²) in [6.07, 6.45) is 5.25. The minimum absolute atomic E-state index is 0.666. The van der Waals surface area contributed by atoms with Crippen molar-refractivity contribution in [3.8, 4) is 0 Å². The summed E-state index contributed by atoms with van der Waals surface area (Å²) in [5.74, 6) is 0. The van der Waals surface area contributed by atoms with Crippen molar-refractivity contribution in [3.05, 3.63) is 0 Å². The lowest BCUT2D eigenvalue weighted by molar-refractivity contribution is 0.317. The number of hydrogen-bond donors (Lipinski definition) is 1. The van der Waals surface area contributed by atoms with Crippen LogP contribution in [0.1, 0.15) is 46.5 Å². The van der Waals surface area contributed by atoms with Gasteiger partial charge in [0.25, 0.3) is 0 Å². The molecule has 1 atom stereocenters. The van der Waals surface area contributed by atoms with E-state index in [4.69, 9.17) is 0 Å². The number of likely N-dealkylation sites (N-methyl/N-ethyl adjacent to an activating group) is 1. The van der Waals surface area contributed by atoms with Crippen molar-refractivity contribution in [2.45, 2.75) is 52.5 Å². The molecule has 86 valence electrons. The first-order valence-corrected chi connectivity index (χ1v) is 6.12. The van der Waals surface area contributed by atoms with Gasteiger partial charge in [0.15, 0.2) is 0 Å². The molecular formula is C12H28N2. The average molecular weight is 200 g/mol.